The SMILES string of the molecule is CC(=O)N[C@H]1C(O[C@H]2[C@H](O)[C@@H](NC(C)=O)C(O)O[C@@H]2COC2O[C@@H](C)[C@@H](O)[C@@H](O)[C@@H]2O)O[C@H](CO)[C@@H](O)[C@@H]1O. The van der Waals surface area contributed by atoms with E-state index in [1.165, 1.54) is 6.92 Å². The summed E-state index contributed by atoms with van der Waals surface area (Å²) in [7, 11) is 0. The first-order valence-corrected chi connectivity index (χ1v) is 12.4. The molecule has 0 aromatic rings. The van der Waals surface area contributed by atoms with Crippen molar-refractivity contribution < 1.29 is 74.1 Å². The van der Waals surface area contributed by atoms with E-state index in [0.29, 0.717) is 0 Å². The number of hydrogen-bond donors (Lipinski definition) is 10. The normalized spacial score (nSPS) is 46.9. The van der Waals surface area contributed by atoms with Gasteiger partial charge in [0.25, 0.3) is 0 Å². The summed E-state index contributed by atoms with van der Waals surface area (Å²) in [6.45, 7) is 2.42. The molecule has 0 saturated carbocycles. The summed E-state index contributed by atoms with van der Waals surface area (Å²) in [6, 6.07) is -2.80. The third kappa shape index (κ3) is 7.20. The Labute approximate surface area is 223 Å². The third-order valence-corrected chi connectivity index (χ3v) is 6.84. The van der Waals surface area contributed by atoms with E-state index in [1.54, 1.807) is 0 Å². The van der Waals surface area contributed by atoms with Crippen LogP contribution in [0.2, 0.25) is 0 Å². The topological polar surface area (TPSA) is 266 Å². The van der Waals surface area contributed by atoms with E-state index in [2.05, 4.69) is 10.6 Å². The van der Waals surface area contributed by atoms with Gasteiger partial charge in [-0.15, -0.1) is 0 Å². The van der Waals surface area contributed by atoms with E-state index in [-0.39, 0.29) is 0 Å². The second-order valence-electron chi connectivity index (χ2n) is 9.83. The number of amides is 2. The summed E-state index contributed by atoms with van der Waals surface area (Å²) in [6.07, 6.45) is -19.6. The Hall–Kier alpha value is -1.58. The zero-order valence-electron chi connectivity index (χ0n) is 21.5. The average Bonchev–Trinajstić information content (AvgIpc) is 2.87. The van der Waals surface area contributed by atoms with Crippen molar-refractivity contribution in [2.45, 2.75) is 113 Å². The Morgan fingerprint density at radius 1 is 0.718 bits per heavy atom. The van der Waals surface area contributed by atoms with E-state index < -0.39 is 117 Å². The van der Waals surface area contributed by atoms with Crippen LogP contribution in [0.1, 0.15) is 20.8 Å². The van der Waals surface area contributed by atoms with Gasteiger partial charge in [-0.2, -0.15) is 0 Å². The molecular weight excluding hydrogens is 532 g/mol. The van der Waals surface area contributed by atoms with Gasteiger partial charge in [-0.05, 0) is 6.92 Å². The van der Waals surface area contributed by atoms with E-state index in [9.17, 15) is 50.4 Å². The number of ether oxygens (including phenoxy) is 5. The van der Waals surface area contributed by atoms with Gasteiger partial charge in [-0.1, -0.05) is 0 Å². The van der Waals surface area contributed by atoms with Gasteiger partial charge >= 0.3 is 0 Å². The van der Waals surface area contributed by atoms with Crippen LogP contribution in [-0.4, -0.2) is 158 Å². The lowest BCUT2D eigenvalue weighted by Crippen LogP contribution is -2.69. The molecule has 3 aliphatic heterocycles. The smallest absolute Gasteiger partial charge is 0.217 e. The minimum absolute atomic E-state index is 0.547. The molecule has 3 unspecified atom stereocenters. The monoisotopic (exact) mass is 570 g/mol. The fraction of sp³-hybridized carbons (Fsp3) is 0.909. The van der Waals surface area contributed by atoms with Gasteiger partial charge in [0.05, 0.1) is 19.3 Å². The first kappa shape index (κ1) is 31.9. The second-order valence-corrected chi connectivity index (χ2v) is 9.83. The Morgan fingerprint density at radius 3 is 1.92 bits per heavy atom. The maximum Gasteiger partial charge on any atom is 0.217 e. The minimum Gasteiger partial charge on any atom is -0.394 e. The molecule has 0 spiro atoms. The lowest BCUT2D eigenvalue weighted by atomic mass is 9.94. The molecule has 3 aliphatic rings. The van der Waals surface area contributed by atoms with Crippen molar-refractivity contribution in [2.24, 2.45) is 0 Å². The molecule has 3 fully saturated rings. The quantitative estimate of drug-likeness (QED) is 0.130. The van der Waals surface area contributed by atoms with Crippen molar-refractivity contribution in [1.29, 1.82) is 0 Å². The number of nitrogens with one attached hydrogen (secondary N) is 2. The van der Waals surface area contributed by atoms with Crippen LogP contribution >= 0.6 is 0 Å². The summed E-state index contributed by atoms with van der Waals surface area (Å²) in [5.41, 5.74) is 0. The molecule has 3 saturated heterocycles. The predicted octanol–water partition coefficient (Wildman–Crippen LogP) is -6.26. The fourth-order valence-electron chi connectivity index (χ4n) is 4.71. The van der Waals surface area contributed by atoms with Crippen molar-refractivity contribution >= 4 is 11.8 Å². The molecule has 0 radical (unpaired) electrons. The Morgan fingerprint density at radius 2 is 1.33 bits per heavy atom. The highest BCUT2D eigenvalue weighted by atomic mass is 16.7. The van der Waals surface area contributed by atoms with Crippen molar-refractivity contribution in [2.75, 3.05) is 13.2 Å². The fourth-order valence-corrected chi connectivity index (χ4v) is 4.71. The van der Waals surface area contributed by atoms with Crippen LogP contribution in [0.4, 0.5) is 0 Å². The summed E-state index contributed by atoms with van der Waals surface area (Å²) in [4.78, 5) is 23.4. The van der Waals surface area contributed by atoms with Crippen LogP contribution in [0.5, 0.6) is 0 Å². The standard InChI is InChI=1S/C22H38N2O15/c1-6-13(28)17(32)18(33)22(36-6)35-5-10-19(16(31)11(20(34)37-10)23-7(2)26)39-21-12(24-8(3)27)15(30)14(29)9(4-25)38-21/h6,9-22,25,28-34H,4-5H2,1-3H3,(H,23,26)(H,24,27)/t6-,9+,10+,11+,12+,13+,14+,15+,16+,17+,18-,19+,20?,21?,22?/m0/s1. The highest BCUT2D eigenvalue weighted by molar-refractivity contribution is 5.73. The number of rotatable bonds is 8. The van der Waals surface area contributed by atoms with Gasteiger partial charge in [-0.25, -0.2) is 0 Å². The molecule has 3 heterocycles. The molecule has 17 nitrogen and oxygen atoms in total. The van der Waals surface area contributed by atoms with E-state index in [0.717, 1.165) is 13.8 Å². The van der Waals surface area contributed by atoms with Gasteiger partial charge in [0, 0.05) is 13.8 Å². The van der Waals surface area contributed by atoms with Crippen molar-refractivity contribution in [1.82, 2.24) is 10.6 Å². The van der Waals surface area contributed by atoms with Crippen molar-refractivity contribution in [3.05, 3.63) is 0 Å². The predicted molar refractivity (Wildman–Crippen MR) is 123 cm³/mol. The number of carbonyl (C=O) groups excluding carboxylic acids is 2. The largest absolute Gasteiger partial charge is 0.394 e. The third-order valence-electron chi connectivity index (χ3n) is 6.84. The summed E-state index contributed by atoms with van der Waals surface area (Å²) >= 11 is 0. The minimum atomic E-state index is -1.77. The summed E-state index contributed by atoms with van der Waals surface area (Å²) in [5, 5.41) is 86.8. The maximum absolute atomic E-state index is 11.8. The number of carbonyl (C=O) groups is 2. The number of aliphatic hydroxyl groups is 8. The molecule has 15 atom stereocenters. The molecule has 3 rings (SSSR count). The van der Waals surface area contributed by atoms with Crippen LogP contribution in [-0.2, 0) is 33.3 Å². The van der Waals surface area contributed by atoms with Crippen LogP contribution in [0.25, 0.3) is 0 Å². The van der Waals surface area contributed by atoms with Gasteiger partial charge < -0.3 is 75.2 Å². The number of aliphatic hydroxyl groups excluding tert-OH is 8. The molecule has 2 amide bonds. The van der Waals surface area contributed by atoms with Gasteiger partial charge in [0.1, 0.15) is 67.0 Å². The highest BCUT2D eigenvalue weighted by Gasteiger charge is 2.52. The molecule has 0 aromatic carbocycles. The molecule has 39 heavy (non-hydrogen) atoms. The molecule has 0 aromatic heterocycles. The van der Waals surface area contributed by atoms with Crippen molar-refractivity contribution in [3.8, 4) is 0 Å². The van der Waals surface area contributed by atoms with E-state index >= 15 is 0 Å². The lowest BCUT2D eigenvalue weighted by Gasteiger charge is -2.48. The van der Waals surface area contributed by atoms with Gasteiger partial charge in [0.15, 0.2) is 18.9 Å². The van der Waals surface area contributed by atoms with Gasteiger partial charge in [0.2, 0.25) is 11.8 Å². The Bertz CT molecular complexity index is 837. The van der Waals surface area contributed by atoms with Crippen LogP contribution < -0.4 is 10.6 Å². The van der Waals surface area contributed by atoms with Crippen LogP contribution in [0.3, 0.4) is 0 Å². The number of hydrogen-bond acceptors (Lipinski definition) is 15. The summed E-state index contributed by atoms with van der Waals surface area (Å²) in [5.74, 6) is -1.25. The van der Waals surface area contributed by atoms with Crippen molar-refractivity contribution in [3.63, 3.8) is 0 Å². The van der Waals surface area contributed by atoms with E-state index in [1.807, 2.05) is 0 Å². The maximum atomic E-state index is 11.8. The molecule has 226 valence electrons. The molecular formula is C22H38N2O15. The molecule has 0 aliphatic carbocycles. The Balaban J connectivity index is 1.84. The summed E-state index contributed by atoms with van der Waals surface area (Å²) < 4.78 is 27.9. The van der Waals surface area contributed by atoms with Crippen LogP contribution in [0.15, 0.2) is 0 Å². The first-order chi connectivity index (χ1) is 18.3. The highest BCUT2D eigenvalue weighted by Crippen LogP contribution is 2.30. The molecule has 17 heteroatoms. The van der Waals surface area contributed by atoms with Gasteiger partial charge in [-0.3, -0.25) is 9.59 Å². The average molecular weight is 571 g/mol. The first-order valence-electron chi connectivity index (χ1n) is 12.4. The Kier molecular flexibility index (Phi) is 11.0. The zero-order chi connectivity index (χ0) is 29.2. The molecule has 0 bridgehead atoms. The zero-order valence-corrected chi connectivity index (χ0v) is 21.5. The van der Waals surface area contributed by atoms with E-state index in [4.69, 9.17) is 23.7 Å². The molecule has 10 N–H and O–H groups in total. The lowest BCUT2D eigenvalue weighted by molar-refractivity contribution is -0.340. The second kappa shape index (κ2) is 13.4. The van der Waals surface area contributed by atoms with Crippen LogP contribution in [0, 0.1) is 0 Å².